The summed E-state index contributed by atoms with van der Waals surface area (Å²) in [6.07, 6.45) is 3.34. The Morgan fingerprint density at radius 1 is 1.36 bits per heavy atom. The van der Waals surface area contributed by atoms with E-state index in [1.165, 1.54) is 0 Å². The first-order chi connectivity index (χ1) is 6.74. The Hall–Kier alpha value is -1.48. The van der Waals surface area contributed by atoms with Crippen molar-refractivity contribution in [1.82, 2.24) is 9.97 Å². The van der Waals surface area contributed by atoms with Gasteiger partial charge < -0.3 is 10.3 Å². The molecule has 0 bridgehead atoms. The standard InChI is InChI=1S/C10H10ClN3/c1-7-2-8(11)4-9(3-7)14-10-5-12-6-13-10/h2-6,14H,1H3,(H,12,13). The van der Waals surface area contributed by atoms with E-state index < -0.39 is 0 Å². The fraction of sp³-hybridized carbons (Fsp3) is 0.100. The molecule has 0 amide bonds. The summed E-state index contributed by atoms with van der Waals surface area (Å²) in [5.41, 5.74) is 2.08. The summed E-state index contributed by atoms with van der Waals surface area (Å²) in [7, 11) is 0. The van der Waals surface area contributed by atoms with Gasteiger partial charge in [-0.2, -0.15) is 0 Å². The van der Waals surface area contributed by atoms with Gasteiger partial charge in [0, 0.05) is 10.7 Å². The van der Waals surface area contributed by atoms with Crippen molar-refractivity contribution in [2.24, 2.45) is 0 Å². The van der Waals surface area contributed by atoms with E-state index in [-0.39, 0.29) is 0 Å². The van der Waals surface area contributed by atoms with Gasteiger partial charge in [0.2, 0.25) is 0 Å². The Kier molecular flexibility index (Phi) is 2.41. The van der Waals surface area contributed by atoms with Gasteiger partial charge in [0.05, 0.1) is 12.5 Å². The molecule has 1 heterocycles. The van der Waals surface area contributed by atoms with Crippen molar-refractivity contribution in [1.29, 1.82) is 0 Å². The first-order valence-electron chi connectivity index (χ1n) is 4.26. The molecule has 0 spiro atoms. The summed E-state index contributed by atoms with van der Waals surface area (Å²) in [5, 5.41) is 3.89. The van der Waals surface area contributed by atoms with Gasteiger partial charge in [-0.05, 0) is 30.7 Å². The molecule has 0 atom stereocenters. The van der Waals surface area contributed by atoms with Gasteiger partial charge in [-0.15, -0.1) is 0 Å². The minimum Gasteiger partial charge on any atom is -0.340 e. The molecule has 0 fully saturated rings. The third-order valence-corrected chi connectivity index (χ3v) is 2.04. The zero-order valence-corrected chi connectivity index (χ0v) is 8.47. The first kappa shape index (κ1) is 9.09. The molecule has 0 radical (unpaired) electrons. The second-order valence-corrected chi connectivity index (χ2v) is 3.54. The molecule has 0 aliphatic rings. The number of benzene rings is 1. The van der Waals surface area contributed by atoms with Crippen LogP contribution >= 0.6 is 11.6 Å². The molecule has 1 aromatic carbocycles. The van der Waals surface area contributed by atoms with E-state index in [2.05, 4.69) is 15.3 Å². The van der Waals surface area contributed by atoms with Crippen LogP contribution in [0.1, 0.15) is 5.56 Å². The van der Waals surface area contributed by atoms with Crippen LogP contribution in [0.5, 0.6) is 0 Å². The van der Waals surface area contributed by atoms with Gasteiger partial charge in [-0.1, -0.05) is 11.6 Å². The third kappa shape index (κ3) is 2.06. The maximum absolute atomic E-state index is 5.92. The lowest BCUT2D eigenvalue weighted by Crippen LogP contribution is -1.90. The van der Waals surface area contributed by atoms with Crippen LogP contribution in [-0.2, 0) is 0 Å². The van der Waals surface area contributed by atoms with E-state index in [0.717, 1.165) is 22.1 Å². The minimum atomic E-state index is 0.729. The monoisotopic (exact) mass is 207 g/mol. The van der Waals surface area contributed by atoms with Crippen molar-refractivity contribution < 1.29 is 0 Å². The Morgan fingerprint density at radius 2 is 2.21 bits per heavy atom. The van der Waals surface area contributed by atoms with Gasteiger partial charge in [0.15, 0.2) is 0 Å². The normalized spacial score (nSPS) is 10.1. The number of aromatic nitrogens is 2. The van der Waals surface area contributed by atoms with E-state index in [1.54, 1.807) is 12.5 Å². The highest BCUT2D eigenvalue weighted by Crippen LogP contribution is 2.20. The van der Waals surface area contributed by atoms with E-state index in [4.69, 9.17) is 11.6 Å². The quantitative estimate of drug-likeness (QED) is 0.795. The summed E-state index contributed by atoms with van der Waals surface area (Å²) in [6.45, 7) is 2.00. The number of aryl methyl sites for hydroxylation is 1. The van der Waals surface area contributed by atoms with Gasteiger partial charge in [0.1, 0.15) is 5.82 Å². The number of halogens is 1. The Morgan fingerprint density at radius 3 is 2.86 bits per heavy atom. The topological polar surface area (TPSA) is 40.7 Å². The molecule has 0 saturated heterocycles. The number of H-pyrrole nitrogens is 1. The third-order valence-electron chi connectivity index (χ3n) is 1.82. The maximum atomic E-state index is 5.92. The predicted molar refractivity (Wildman–Crippen MR) is 58.1 cm³/mol. The van der Waals surface area contributed by atoms with E-state index in [0.29, 0.717) is 0 Å². The Balaban J connectivity index is 2.25. The predicted octanol–water partition coefficient (Wildman–Crippen LogP) is 3.12. The average molecular weight is 208 g/mol. The molecular weight excluding hydrogens is 198 g/mol. The maximum Gasteiger partial charge on any atom is 0.127 e. The van der Waals surface area contributed by atoms with Crippen LogP contribution in [0, 0.1) is 6.92 Å². The number of rotatable bonds is 2. The van der Waals surface area contributed by atoms with Crippen LogP contribution in [-0.4, -0.2) is 9.97 Å². The molecule has 72 valence electrons. The summed E-state index contributed by atoms with van der Waals surface area (Å²) in [6, 6.07) is 5.81. The average Bonchev–Trinajstić information content (AvgIpc) is 2.54. The molecule has 1 aromatic heterocycles. The summed E-state index contributed by atoms with van der Waals surface area (Å²) >= 11 is 5.92. The zero-order valence-electron chi connectivity index (χ0n) is 7.71. The SMILES string of the molecule is Cc1cc(Cl)cc(Nc2cnc[nH]2)c1. The summed E-state index contributed by atoms with van der Waals surface area (Å²) in [5.74, 6) is 0.853. The molecular formula is C10H10ClN3. The molecule has 0 aliphatic carbocycles. The summed E-state index contributed by atoms with van der Waals surface area (Å²) in [4.78, 5) is 6.87. The molecule has 2 rings (SSSR count). The molecule has 3 nitrogen and oxygen atoms in total. The van der Waals surface area contributed by atoms with Crippen LogP contribution in [0.25, 0.3) is 0 Å². The van der Waals surface area contributed by atoms with E-state index >= 15 is 0 Å². The largest absolute Gasteiger partial charge is 0.340 e. The number of hydrogen-bond donors (Lipinski definition) is 2. The molecule has 4 heteroatoms. The number of nitrogens with one attached hydrogen (secondary N) is 2. The second kappa shape index (κ2) is 3.72. The molecule has 2 aromatic rings. The van der Waals surface area contributed by atoms with Gasteiger partial charge in [0.25, 0.3) is 0 Å². The molecule has 0 unspecified atom stereocenters. The van der Waals surface area contributed by atoms with Gasteiger partial charge in [-0.3, -0.25) is 0 Å². The fourth-order valence-corrected chi connectivity index (χ4v) is 1.58. The van der Waals surface area contributed by atoms with Crippen molar-refractivity contribution in [2.45, 2.75) is 6.92 Å². The number of anilines is 2. The number of hydrogen-bond acceptors (Lipinski definition) is 2. The van der Waals surface area contributed by atoms with Crippen molar-refractivity contribution >= 4 is 23.1 Å². The Labute approximate surface area is 87.1 Å². The van der Waals surface area contributed by atoms with Gasteiger partial charge in [-0.25, -0.2) is 4.98 Å². The summed E-state index contributed by atoms with van der Waals surface area (Å²) < 4.78 is 0. The highest BCUT2D eigenvalue weighted by molar-refractivity contribution is 6.30. The first-order valence-corrected chi connectivity index (χ1v) is 4.64. The van der Waals surface area contributed by atoms with Crippen molar-refractivity contribution in [3.05, 3.63) is 41.3 Å². The van der Waals surface area contributed by atoms with Crippen LogP contribution in [0.2, 0.25) is 5.02 Å². The van der Waals surface area contributed by atoms with Crippen LogP contribution in [0.4, 0.5) is 11.5 Å². The van der Waals surface area contributed by atoms with Crippen molar-refractivity contribution in [2.75, 3.05) is 5.32 Å². The van der Waals surface area contributed by atoms with Crippen molar-refractivity contribution in [3.8, 4) is 0 Å². The smallest absolute Gasteiger partial charge is 0.127 e. The number of imidazole rings is 1. The number of nitrogens with zero attached hydrogens (tertiary/aromatic N) is 1. The second-order valence-electron chi connectivity index (χ2n) is 3.11. The molecule has 0 aliphatic heterocycles. The Bertz CT molecular complexity index is 403. The molecule has 0 saturated carbocycles. The van der Waals surface area contributed by atoms with Gasteiger partial charge >= 0.3 is 0 Å². The van der Waals surface area contributed by atoms with E-state index in [9.17, 15) is 0 Å². The highest BCUT2D eigenvalue weighted by Gasteiger charge is 1.97. The fourth-order valence-electron chi connectivity index (χ4n) is 1.29. The van der Waals surface area contributed by atoms with Crippen LogP contribution in [0.15, 0.2) is 30.7 Å². The molecule has 2 N–H and O–H groups in total. The van der Waals surface area contributed by atoms with Crippen LogP contribution < -0.4 is 5.32 Å². The lowest BCUT2D eigenvalue weighted by atomic mass is 10.2. The number of aromatic amines is 1. The zero-order chi connectivity index (χ0) is 9.97. The minimum absolute atomic E-state index is 0.729. The van der Waals surface area contributed by atoms with Crippen molar-refractivity contribution in [3.63, 3.8) is 0 Å². The lowest BCUT2D eigenvalue weighted by molar-refractivity contribution is 1.31. The lowest BCUT2D eigenvalue weighted by Gasteiger charge is -2.05. The molecule has 14 heavy (non-hydrogen) atoms. The van der Waals surface area contributed by atoms with Crippen LogP contribution in [0.3, 0.4) is 0 Å². The van der Waals surface area contributed by atoms with E-state index in [1.807, 2.05) is 25.1 Å². The highest BCUT2D eigenvalue weighted by atomic mass is 35.5.